The van der Waals surface area contributed by atoms with E-state index in [0.29, 0.717) is 5.69 Å². The maximum Gasteiger partial charge on any atom is 0.0796 e. The number of pyridine rings is 1. The number of anilines is 1. The molecule has 0 saturated heterocycles. The molecule has 0 aromatic carbocycles. The Balaban J connectivity index is 2.65. The number of hydrogen-bond acceptors (Lipinski definition) is 5. The quantitative estimate of drug-likeness (QED) is 0.404. The molecule has 0 spiro atoms. The van der Waals surface area contributed by atoms with Crippen molar-refractivity contribution in [1.82, 2.24) is 10.3 Å². The van der Waals surface area contributed by atoms with Gasteiger partial charge in [-0.25, -0.2) is 0 Å². The molecule has 5 N–H and O–H groups in total. The van der Waals surface area contributed by atoms with Gasteiger partial charge < -0.3 is 16.8 Å². The molecule has 0 aliphatic heterocycles. The summed E-state index contributed by atoms with van der Waals surface area (Å²) in [4.78, 5) is 4.34. The lowest BCUT2D eigenvalue weighted by Gasteiger charge is -2.12. The molecule has 5 heteroatoms. The van der Waals surface area contributed by atoms with Gasteiger partial charge in [0.2, 0.25) is 0 Å². The van der Waals surface area contributed by atoms with Gasteiger partial charge >= 0.3 is 0 Å². The van der Waals surface area contributed by atoms with E-state index in [9.17, 15) is 0 Å². The fourth-order valence-corrected chi connectivity index (χ4v) is 1.82. The maximum atomic E-state index is 5.94. The van der Waals surface area contributed by atoms with Crippen LogP contribution >= 0.6 is 11.8 Å². The third kappa shape index (κ3) is 4.15. The Labute approximate surface area is 106 Å². The third-order valence-electron chi connectivity index (χ3n) is 2.31. The Hall–Kier alpha value is -1.42. The number of thioether (sulfide) groups is 1. The Kier molecular flexibility index (Phi) is 5.63. The van der Waals surface area contributed by atoms with Crippen LogP contribution in [0.15, 0.2) is 30.8 Å². The van der Waals surface area contributed by atoms with Crippen molar-refractivity contribution in [1.29, 1.82) is 0 Å². The molecule has 0 aliphatic rings. The average molecular weight is 250 g/mol. The predicted octanol–water partition coefficient (Wildman–Crippen LogP) is 1.41. The number of nitrogen functional groups attached to an aromatic ring is 1. The molecular weight excluding hydrogens is 232 g/mol. The van der Waals surface area contributed by atoms with Crippen molar-refractivity contribution in [2.45, 2.75) is 11.8 Å². The lowest BCUT2D eigenvalue weighted by atomic mass is 10.2. The first-order valence-electron chi connectivity index (χ1n) is 5.29. The number of nitrogens with one attached hydrogen (secondary N) is 1. The molecule has 92 valence electrons. The van der Waals surface area contributed by atoms with Gasteiger partial charge in [0.25, 0.3) is 0 Å². The lowest BCUT2D eigenvalue weighted by molar-refractivity contribution is 0.811. The first-order chi connectivity index (χ1) is 8.19. The van der Waals surface area contributed by atoms with Crippen LogP contribution in [0.4, 0.5) is 5.69 Å². The number of hydrogen-bond donors (Lipinski definition) is 3. The van der Waals surface area contributed by atoms with E-state index in [4.69, 9.17) is 11.5 Å². The summed E-state index contributed by atoms with van der Waals surface area (Å²) < 4.78 is 0. The molecule has 0 aliphatic carbocycles. The van der Waals surface area contributed by atoms with Gasteiger partial charge in [0.15, 0.2) is 0 Å². The zero-order valence-electron chi connectivity index (χ0n) is 9.94. The SMILES string of the molecule is C=C=CNCCc1cc(N)c(C(N)SC)cn1. The van der Waals surface area contributed by atoms with E-state index >= 15 is 0 Å². The van der Waals surface area contributed by atoms with E-state index in [2.05, 4.69) is 22.6 Å². The summed E-state index contributed by atoms with van der Waals surface area (Å²) in [6.45, 7) is 4.25. The molecule has 1 aromatic rings. The van der Waals surface area contributed by atoms with Crippen LogP contribution in [0.3, 0.4) is 0 Å². The highest BCUT2D eigenvalue weighted by molar-refractivity contribution is 7.98. The second kappa shape index (κ2) is 7.01. The van der Waals surface area contributed by atoms with E-state index in [1.54, 1.807) is 24.2 Å². The second-order valence-electron chi connectivity index (χ2n) is 3.51. The van der Waals surface area contributed by atoms with Crippen LogP contribution < -0.4 is 16.8 Å². The Morgan fingerprint density at radius 1 is 1.71 bits per heavy atom. The Morgan fingerprint density at radius 3 is 3.06 bits per heavy atom. The minimum atomic E-state index is -0.113. The van der Waals surface area contributed by atoms with E-state index in [0.717, 1.165) is 24.2 Å². The fraction of sp³-hybridized carbons (Fsp3) is 0.333. The smallest absolute Gasteiger partial charge is 0.0796 e. The molecular formula is C12H18N4S. The lowest BCUT2D eigenvalue weighted by Crippen LogP contribution is -2.12. The van der Waals surface area contributed by atoms with E-state index in [1.165, 1.54) is 0 Å². The summed E-state index contributed by atoms with van der Waals surface area (Å²) in [6.07, 6.45) is 6.19. The van der Waals surface area contributed by atoms with Crippen LogP contribution in [0.25, 0.3) is 0 Å². The summed E-state index contributed by atoms with van der Waals surface area (Å²) in [5, 5.41) is 2.93. The Bertz CT molecular complexity index is 413. The number of aromatic nitrogens is 1. The van der Waals surface area contributed by atoms with Crippen LogP contribution in [-0.2, 0) is 6.42 Å². The molecule has 17 heavy (non-hydrogen) atoms. The van der Waals surface area contributed by atoms with Gasteiger partial charge in [-0.05, 0) is 12.3 Å². The van der Waals surface area contributed by atoms with Gasteiger partial charge in [0.1, 0.15) is 0 Å². The zero-order chi connectivity index (χ0) is 12.7. The molecule has 0 saturated carbocycles. The summed E-state index contributed by atoms with van der Waals surface area (Å²) in [6, 6.07) is 1.88. The minimum absolute atomic E-state index is 0.113. The number of nitrogens with zero attached hydrogens (tertiary/aromatic N) is 1. The van der Waals surface area contributed by atoms with Gasteiger partial charge in [-0.3, -0.25) is 4.98 Å². The summed E-state index contributed by atoms with van der Waals surface area (Å²) in [5.41, 5.74) is 17.0. The van der Waals surface area contributed by atoms with Gasteiger partial charge in [-0.1, -0.05) is 6.58 Å². The van der Waals surface area contributed by atoms with Crippen molar-refractivity contribution >= 4 is 17.4 Å². The highest BCUT2D eigenvalue weighted by Gasteiger charge is 2.09. The maximum absolute atomic E-state index is 5.94. The van der Waals surface area contributed by atoms with Crippen LogP contribution in [0.5, 0.6) is 0 Å². The highest BCUT2D eigenvalue weighted by Crippen LogP contribution is 2.25. The van der Waals surface area contributed by atoms with Crippen molar-refractivity contribution in [3.63, 3.8) is 0 Å². The summed E-state index contributed by atoms with van der Waals surface area (Å²) >= 11 is 1.55. The average Bonchev–Trinajstić information content (AvgIpc) is 2.34. The van der Waals surface area contributed by atoms with Crippen molar-refractivity contribution in [3.8, 4) is 0 Å². The summed E-state index contributed by atoms with van der Waals surface area (Å²) in [7, 11) is 0. The van der Waals surface area contributed by atoms with Crippen molar-refractivity contribution in [3.05, 3.63) is 42.0 Å². The topological polar surface area (TPSA) is 77.0 Å². The van der Waals surface area contributed by atoms with E-state index in [-0.39, 0.29) is 5.37 Å². The standard InChI is InChI=1S/C12H18N4S/c1-3-5-15-6-4-9-7-11(13)10(8-16-9)12(14)17-2/h5,7-8,12,15H,1,4,6,14H2,2H3,(H2,13,16). The second-order valence-corrected chi connectivity index (χ2v) is 4.49. The summed E-state index contributed by atoms with van der Waals surface area (Å²) in [5.74, 6) is 0. The normalized spacial score (nSPS) is 11.6. The van der Waals surface area contributed by atoms with Crippen LogP contribution in [-0.4, -0.2) is 17.8 Å². The van der Waals surface area contributed by atoms with Gasteiger partial charge in [-0.2, -0.15) is 0 Å². The molecule has 1 aromatic heterocycles. The number of rotatable bonds is 6. The minimum Gasteiger partial charge on any atom is -0.398 e. The van der Waals surface area contributed by atoms with Crippen molar-refractivity contribution < 1.29 is 0 Å². The van der Waals surface area contributed by atoms with Crippen LogP contribution in [0, 0.1) is 0 Å². The van der Waals surface area contributed by atoms with Gasteiger partial charge in [0, 0.05) is 42.3 Å². The van der Waals surface area contributed by atoms with Crippen LogP contribution in [0.1, 0.15) is 16.6 Å². The Morgan fingerprint density at radius 2 is 2.47 bits per heavy atom. The monoisotopic (exact) mass is 250 g/mol. The first kappa shape index (κ1) is 13.6. The van der Waals surface area contributed by atoms with Crippen molar-refractivity contribution in [2.75, 3.05) is 18.5 Å². The largest absolute Gasteiger partial charge is 0.398 e. The molecule has 0 fully saturated rings. The van der Waals surface area contributed by atoms with Crippen molar-refractivity contribution in [2.24, 2.45) is 5.73 Å². The van der Waals surface area contributed by atoms with E-state index in [1.807, 2.05) is 12.3 Å². The molecule has 1 atom stereocenters. The number of nitrogens with two attached hydrogens (primary N) is 2. The molecule has 1 unspecified atom stereocenters. The van der Waals surface area contributed by atoms with Gasteiger partial charge in [0.05, 0.1) is 5.37 Å². The van der Waals surface area contributed by atoms with Gasteiger partial charge in [-0.15, -0.1) is 17.5 Å². The molecule has 1 heterocycles. The van der Waals surface area contributed by atoms with E-state index < -0.39 is 0 Å². The zero-order valence-corrected chi connectivity index (χ0v) is 10.8. The highest BCUT2D eigenvalue weighted by atomic mass is 32.2. The van der Waals surface area contributed by atoms with Crippen LogP contribution in [0.2, 0.25) is 0 Å². The molecule has 1 rings (SSSR count). The molecule has 4 nitrogen and oxygen atoms in total. The molecule has 0 bridgehead atoms. The third-order valence-corrected chi connectivity index (χ3v) is 3.08. The predicted molar refractivity (Wildman–Crippen MR) is 74.5 cm³/mol. The first-order valence-corrected chi connectivity index (χ1v) is 6.58. The molecule has 0 radical (unpaired) electrons. The molecule has 0 amide bonds. The fourth-order valence-electron chi connectivity index (χ4n) is 1.37.